The van der Waals surface area contributed by atoms with Crippen molar-refractivity contribution in [3.05, 3.63) is 22.9 Å². The molecular weight excluding hydrogens is 200 g/mol. The monoisotopic (exact) mass is 218 g/mol. The Hall–Kier alpha value is -1.27. The number of hydrogen-bond acceptors (Lipinski definition) is 2. The van der Waals surface area contributed by atoms with Crippen LogP contribution in [-0.4, -0.2) is 13.1 Å². The van der Waals surface area contributed by atoms with Crippen molar-refractivity contribution >= 4 is 13.9 Å². The quantitative estimate of drug-likeness (QED) is 0.537. The van der Waals surface area contributed by atoms with Crippen LogP contribution in [0, 0.1) is 25.3 Å². The van der Waals surface area contributed by atoms with E-state index in [2.05, 4.69) is 36.1 Å². The maximum absolute atomic E-state index is 5.82. The lowest BCUT2D eigenvalue weighted by atomic mass is 10.1. The molecule has 0 aliphatic carbocycles. The summed E-state index contributed by atoms with van der Waals surface area (Å²) in [5.41, 5.74) is 12.1. The molecule has 2 N–H and O–H groups in total. The molecule has 0 spiro atoms. The van der Waals surface area contributed by atoms with Crippen molar-refractivity contribution in [3.8, 4) is 11.5 Å². The van der Waals surface area contributed by atoms with E-state index in [1.807, 2.05) is 19.9 Å². The van der Waals surface area contributed by atoms with Crippen LogP contribution < -0.4 is 5.73 Å². The Bertz CT molecular complexity index is 433. The Morgan fingerprint density at radius 2 is 1.87 bits per heavy atom. The van der Waals surface area contributed by atoms with Gasteiger partial charge >= 0.3 is 0 Å². The van der Waals surface area contributed by atoms with Gasteiger partial charge in [-0.25, -0.2) is 4.98 Å². The lowest BCUT2D eigenvalue weighted by Crippen LogP contribution is -2.16. The van der Waals surface area contributed by atoms with E-state index in [9.17, 15) is 0 Å². The smallest absolute Gasteiger partial charge is 0.139 e. The van der Waals surface area contributed by atoms with Crippen molar-refractivity contribution in [3.63, 3.8) is 0 Å². The highest BCUT2D eigenvalue weighted by molar-refractivity contribution is 6.83. The third-order valence-corrected chi connectivity index (χ3v) is 2.94. The highest BCUT2D eigenvalue weighted by Crippen LogP contribution is 2.13. The van der Waals surface area contributed by atoms with Crippen molar-refractivity contribution in [1.82, 2.24) is 4.98 Å². The zero-order valence-electron chi connectivity index (χ0n) is 10.1. The number of anilines is 1. The molecule has 0 aliphatic heterocycles. The number of rotatable bonds is 0. The van der Waals surface area contributed by atoms with E-state index >= 15 is 0 Å². The number of aromatic nitrogens is 1. The average molecular weight is 218 g/mol. The number of pyridine rings is 1. The molecule has 0 unspecified atom stereocenters. The third kappa shape index (κ3) is 3.41. The summed E-state index contributed by atoms with van der Waals surface area (Å²) in [5.74, 6) is 3.69. The fourth-order valence-corrected chi connectivity index (χ4v) is 1.59. The van der Waals surface area contributed by atoms with Crippen molar-refractivity contribution in [2.24, 2.45) is 0 Å². The number of nitrogen functional groups attached to an aromatic ring is 1. The molecule has 80 valence electrons. The second kappa shape index (κ2) is 4.07. The summed E-state index contributed by atoms with van der Waals surface area (Å²) in [6, 6.07) is 2.02. The van der Waals surface area contributed by atoms with Gasteiger partial charge in [0.25, 0.3) is 0 Å². The van der Waals surface area contributed by atoms with Gasteiger partial charge in [0, 0.05) is 5.69 Å². The van der Waals surface area contributed by atoms with Crippen molar-refractivity contribution in [2.75, 3.05) is 5.73 Å². The fourth-order valence-electron chi connectivity index (χ4n) is 1.08. The topological polar surface area (TPSA) is 38.9 Å². The molecule has 1 rings (SSSR count). The van der Waals surface area contributed by atoms with Crippen LogP contribution in [0.4, 0.5) is 5.82 Å². The summed E-state index contributed by atoms with van der Waals surface area (Å²) in [6.07, 6.45) is 0. The largest absolute Gasteiger partial charge is 0.383 e. The van der Waals surface area contributed by atoms with Crippen LogP contribution >= 0.6 is 0 Å². The van der Waals surface area contributed by atoms with Crippen LogP contribution in [-0.2, 0) is 0 Å². The first kappa shape index (κ1) is 11.8. The molecule has 0 atom stereocenters. The molecule has 0 bridgehead atoms. The van der Waals surface area contributed by atoms with Crippen LogP contribution in [0.25, 0.3) is 0 Å². The number of nitrogens with zero attached hydrogens (tertiary/aromatic N) is 1. The first-order valence-electron chi connectivity index (χ1n) is 5.06. The van der Waals surface area contributed by atoms with Gasteiger partial charge in [-0.3, -0.25) is 0 Å². The average Bonchev–Trinajstić information content (AvgIpc) is 2.07. The molecule has 2 nitrogen and oxygen atoms in total. The molecule has 15 heavy (non-hydrogen) atoms. The van der Waals surface area contributed by atoms with Gasteiger partial charge in [0.15, 0.2) is 0 Å². The molecule has 1 aromatic heterocycles. The van der Waals surface area contributed by atoms with Gasteiger partial charge < -0.3 is 5.73 Å². The van der Waals surface area contributed by atoms with Crippen molar-refractivity contribution in [2.45, 2.75) is 33.5 Å². The van der Waals surface area contributed by atoms with Gasteiger partial charge in [0.2, 0.25) is 0 Å². The van der Waals surface area contributed by atoms with Crippen molar-refractivity contribution < 1.29 is 0 Å². The predicted octanol–water partition coefficient (Wildman–Crippen LogP) is 2.51. The standard InChI is InChI=1S/C12H18N2Si/c1-9-8-11(6-7-15(3,4)5)12(13)14-10(9)2/h8H,1-5H3,(H2,13,14). The van der Waals surface area contributed by atoms with Gasteiger partial charge in [-0.2, -0.15) is 0 Å². The highest BCUT2D eigenvalue weighted by atomic mass is 28.3. The summed E-state index contributed by atoms with van der Waals surface area (Å²) in [7, 11) is -1.34. The number of nitrogens with two attached hydrogens (primary N) is 1. The molecule has 0 fully saturated rings. The van der Waals surface area contributed by atoms with Crippen molar-refractivity contribution in [1.29, 1.82) is 0 Å². The summed E-state index contributed by atoms with van der Waals surface area (Å²) >= 11 is 0. The van der Waals surface area contributed by atoms with E-state index < -0.39 is 8.07 Å². The van der Waals surface area contributed by atoms with E-state index in [0.29, 0.717) is 5.82 Å². The molecule has 1 aromatic rings. The lowest BCUT2D eigenvalue weighted by Gasteiger charge is -2.06. The Balaban J connectivity index is 3.15. The summed E-state index contributed by atoms with van der Waals surface area (Å²) in [4.78, 5) is 4.26. The van der Waals surface area contributed by atoms with Gasteiger partial charge in [-0.05, 0) is 25.5 Å². The summed E-state index contributed by atoms with van der Waals surface area (Å²) in [5, 5.41) is 0. The highest BCUT2D eigenvalue weighted by Gasteiger charge is 2.08. The maximum atomic E-state index is 5.82. The van der Waals surface area contributed by atoms with E-state index in [1.165, 1.54) is 0 Å². The third-order valence-electron chi connectivity index (χ3n) is 2.07. The first-order chi connectivity index (χ1) is 6.79. The Kier molecular flexibility index (Phi) is 3.20. The summed E-state index contributed by atoms with van der Waals surface area (Å²) in [6.45, 7) is 10.6. The van der Waals surface area contributed by atoms with Gasteiger partial charge in [-0.1, -0.05) is 25.6 Å². The lowest BCUT2D eigenvalue weighted by molar-refractivity contribution is 1.15. The maximum Gasteiger partial charge on any atom is 0.139 e. The Morgan fingerprint density at radius 1 is 1.27 bits per heavy atom. The van der Waals surface area contributed by atoms with E-state index in [-0.39, 0.29) is 0 Å². The van der Waals surface area contributed by atoms with E-state index in [0.717, 1.165) is 16.8 Å². The molecule has 1 heterocycles. The number of hydrogen-bond donors (Lipinski definition) is 1. The fraction of sp³-hybridized carbons (Fsp3) is 0.417. The normalized spacial score (nSPS) is 10.7. The zero-order chi connectivity index (χ0) is 11.6. The van der Waals surface area contributed by atoms with E-state index in [4.69, 9.17) is 5.73 Å². The minimum Gasteiger partial charge on any atom is -0.383 e. The molecular formula is C12H18N2Si. The Morgan fingerprint density at radius 3 is 2.40 bits per heavy atom. The molecule has 0 saturated heterocycles. The van der Waals surface area contributed by atoms with Crippen LogP contribution in [0.15, 0.2) is 6.07 Å². The van der Waals surface area contributed by atoms with E-state index in [1.54, 1.807) is 0 Å². The second-order valence-electron chi connectivity index (χ2n) is 4.82. The van der Waals surface area contributed by atoms with Crippen LogP contribution in [0.1, 0.15) is 16.8 Å². The summed E-state index contributed by atoms with van der Waals surface area (Å²) < 4.78 is 0. The molecule has 3 heteroatoms. The minimum absolute atomic E-state index is 0.545. The minimum atomic E-state index is -1.34. The van der Waals surface area contributed by atoms with Crippen LogP contribution in [0.5, 0.6) is 0 Å². The van der Waals surface area contributed by atoms with Gasteiger partial charge in [0.1, 0.15) is 13.9 Å². The van der Waals surface area contributed by atoms with Crippen LogP contribution in [0.3, 0.4) is 0 Å². The first-order valence-corrected chi connectivity index (χ1v) is 8.56. The van der Waals surface area contributed by atoms with Crippen LogP contribution in [0.2, 0.25) is 19.6 Å². The zero-order valence-corrected chi connectivity index (χ0v) is 11.1. The van der Waals surface area contributed by atoms with Gasteiger partial charge in [-0.15, -0.1) is 5.54 Å². The predicted molar refractivity (Wildman–Crippen MR) is 68.3 cm³/mol. The molecule has 0 amide bonds. The molecule has 0 radical (unpaired) electrons. The molecule has 0 aliphatic rings. The van der Waals surface area contributed by atoms with Gasteiger partial charge in [0.05, 0.1) is 5.56 Å². The molecule has 0 saturated carbocycles. The SMILES string of the molecule is Cc1cc(C#C[Si](C)(C)C)c(N)nc1C. The second-order valence-corrected chi connectivity index (χ2v) is 9.57. The molecule has 0 aromatic carbocycles. The number of aryl methyl sites for hydroxylation is 2. The Labute approximate surface area is 92.9 Å².